The van der Waals surface area contributed by atoms with Gasteiger partial charge in [-0.3, -0.25) is 5.32 Å². The predicted molar refractivity (Wildman–Crippen MR) is 94.6 cm³/mol. The van der Waals surface area contributed by atoms with E-state index in [9.17, 15) is 4.79 Å². The maximum atomic E-state index is 12.0. The van der Waals surface area contributed by atoms with Crippen molar-refractivity contribution in [3.05, 3.63) is 70.5 Å². The van der Waals surface area contributed by atoms with Gasteiger partial charge in [0.25, 0.3) is 0 Å². The molecule has 0 saturated carbocycles. The minimum absolute atomic E-state index is 0.188. The molecule has 0 unspecified atom stereocenters. The summed E-state index contributed by atoms with van der Waals surface area (Å²) in [5.74, 6) is 0.735. The van der Waals surface area contributed by atoms with Crippen LogP contribution in [0.5, 0.6) is 0 Å². The molecule has 2 aromatic carbocycles. The maximum Gasteiger partial charge on any atom is 0.414 e. The summed E-state index contributed by atoms with van der Waals surface area (Å²) in [5, 5.41) is 2.61. The van der Waals surface area contributed by atoms with E-state index in [2.05, 4.69) is 26.2 Å². The molecule has 0 spiro atoms. The first kappa shape index (κ1) is 16.3. The zero-order chi connectivity index (χ0) is 16.9. The van der Waals surface area contributed by atoms with Crippen molar-refractivity contribution in [1.29, 1.82) is 0 Å². The van der Waals surface area contributed by atoms with E-state index >= 15 is 0 Å². The highest BCUT2D eigenvalue weighted by Gasteiger charge is 2.16. The number of anilines is 1. The Kier molecular flexibility index (Phi) is 4.96. The van der Waals surface area contributed by atoms with E-state index in [1.165, 1.54) is 0 Å². The molecule has 3 aromatic rings. The van der Waals surface area contributed by atoms with E-state index in [1.807, 2.05) is 54.6 Å². The minimum atomic E-state index is -0.589. The van der Waals surface area contributed by atoms with E-state index in [-0.39, 0.29) is 12.5 Å². The van der Waals surface area contributed by atoms with Gasteiger partial charge in [0, 0.05) is 17.0 Å². The van der Waals surface area contributed by atoms with Crippen LogP contribution in [-0.4, -0.2) is 11.1 Å². The number of ether oxygens (including phenoxy) is 1. The second-order valence-electron chi connectivity index (χ2n) is 5.10. The van der Waals surface area contributed by atoms with Gasteiger partial charge in [0.05, 0.1) is 0 Å². The lowest BCUT2D eigenvalue weighted by molar-refractivity contribution is 0.154. The lowest BCUT2D eigenvalue weighted by atomic mass is 10.1. The van der Waals surface area contributed by atoms with Gasteiger partial charge in [-0.1, -0.05) is 58.4 Å². The predicted octanol–water partition coefficient (Wildman–Crippen LogP) is 5.16. The molecule has 0 aliphatic rings. The summed E-state index contributed by atoms with van der Waals surface area (Å²) >= 11 is 3.39. The van der Waals surface area contributed by atoms with Gasteiger partial charge in [-0.25, -0.2) is 9.78 Å². The van der Waals surface area contributed by atoms with Crippen LogP contribution >= 0.6 is 15.9 Å². The fraction of sp³-hybridized carbons (Fsp3) is 0.111. The van der Waals surface area contributed by atoms with Crippen LogP contribution in [0.15, 0.2) is 63.5 Å². The van der Waals surface area contributed by atoms with Gasteiger partial charge < -0.3 is 9.15 Å². The lowest BCUT2D eigenvalue weighted by Gasteiger charge is -2.06. The molecule has 0 atom stereocenters. The summed E-state index contributed by atoms with van der Waals surface area (Å²) in [7, 11) is 0. The van der Waals surface area contributed by atoms with Gasteiger partial charge in [0.1, 0.15) is 12.3 Å². The normalized spacial score (nSPS) is 10.4. The Bertz CT molecular complexity index is 829. The molecule has 1 amide bonds. The number of benzene rings is 2. The number of aromatic nitrogens is 1. The summed E-state index contributed by atoms with van der Waals surface area (Å²) in [6.45, 7) is 1.91. The SMILES string of the molecule is Cc1nc(-c2ccc(Br)cc2)c(NC(=O)OCc2ccccc2)o1. The van der Waals surface area contributed by atoms with Crippen LogP contribution in [0.2, 0.25) is 0 Å². The average Bonchev–Trinajstić information content (AvgIpc) is 2.95. The quantitative estimate of drug-likeness (QED) is 0.672. The number of amides is 1. The number of nitrogens with zero attached hydrogens (tertiary/aromatic N) is 1. The molecule has 0 aliphatic carbocycles. The third-order valence-electron chi connectivity index (χ3n) is 3.28. The number of carbonyl (C=O) groups is 1. The van der Waals surface area contributed by atoms with Crippen molar-refractivity contribution in [2.75, 3.05) is 5.32 Å². The topological polar surface area (TPSA) is 64.4 Å². The van der Waals surface area contributed by atoms with Crippen molar-refractivity contribution in [2.24, 2.45) is 0 Å². The lowest BCUT2D eigenvalue weighted by Crippen LogP contribution is -2.13. The molecule has 5 nitrogen and oxygen atoms in total. The molecule has 3 rings (SSSR count). The van der Waals surface area contributed by atoms with Crippen LogP contribution in [0.25, 0.3) is 11.3 Å². The zero-order valence-corrected chi connectivity index (χ0v) is 14.5. The largest absolute Gasteiger partial charge is 0.444 e. The number of aryl methyl sites for hydroxylation is 1. The van der Waals surface area contributed by atoms with E-state index in [0.717, 1.165) is 15.6 Å². The molecule has 0 radical (unpaired) electrons. The highest BCUT2D eigenvalue weighted by molar-refractivity contribution is 9.10. The Balaban J connectivity index is 1.71. The summed E-state index contributed by atoms with van der Waals surface area (Å²) in [5.41, 5.74) is 2.32. The number of nitrogens with one attached hydrogen (secondary N) is 1. The Hall–Kier alpha value is -2.60. The van der Waals surface area contributed by atoms with E-state index in [1.54, 1.807) is 6.92 Å². The van der Waals surface area contributed by atoms with Crippen LogP contribution in [0, 0.1) is 6.92 Å². The van der Waals surface area contributed by atoms with E-state index in [0.29, 0.717) is 11.6 Å². The molecule has 1 N–H and O–H groups in total. The summed E-state index contributed by atoms with van der Waals surface area (Å²) < 4.78 is 11.7. The Morgan fingerprint density at radius 1 is 1.17 bits per heavy atom. The van der Waals surface area contributed by atoms with Gasteiger partial charge >= 0.3 is 6.09 Å². The summed E-state index contributed by atoms with van der Waals surface area (Å²) in [4.78, 5) is 16.3. The second-order valence-corrected chi connectivity index (χ2v) is 6.02. The molecule has 6 heteroatoms. The molecular formula is C18H15BrN2O3. The second kappa shape index (κ2) is 7.31. The Morgan fingerprint density at radius 3 is 2.58 bits per heavy atom. The first-order valence-electron chi connectivity index (χ1n) is 7.33. The van der Waals surface area contributed by atoms with Crippen molar-refractivity contribution >= 4 is 27.9 Å². The average molecular weight is 387 g/mol. The highest BCUT2D eigenvalue weighted by Crippen LogP contribution is 2.29. The van der Waals surface area contributed by atoms with Gasteiger partial charge in [-0.15, -0.1) is 0 Å². The third-order valence-corrected chi connectivity index (χ3v) is 3.81. The number of hydrogen-bond acceptors (Lipinski definition) is 4. The summed E-state index contributed by atoms with van der Waals surface area (Å²) in [6.07, 6.45) is -0.589. The van der Waals surface area contributed by atoms with Crippen LogP contribution in [0.3, 0.4) is 0 Å². The van der Waals surface area contributed by atoms with Crippen molar-refractivity contribution in [2.45, 2.75) is 13.5 Å². The molecule has 0 fully saturated rings. The number of rotatable bonds is 4. The van der Waals surface area contributed by atoms with E-state index in [4.69, 9.17) is 9.15 Å². The fourth-order valence-electron chi connectivity index (χ4n) is 2.17. The third kappa shape index (κ3) is 4.02. The molecule has 0 bridgehead atoms. The molecule has 0 aliphatic heterocycles. The van der Waals surface area contributed by atoms with Gasteiger partial charge in [0.2, 0.25) is 5.88 Å². The van der Waals surface area contributed by atoms with Crippen LogP contribution in [-0.2, 0) is 11.3 Å². The smallest absolute Gasteiger partial charge is 0.414 e. The molecule has 1 heterocycles. The highest BCUT2D eigenvalue weighted by atomic mass is 79.9. The van der Waals surface area contributed by atoms with Crippen LogP contribution in [0.4, 0.5) is 10.7 Å². The van der Waals surface area contributed by atoms with Gasteiger partial charge in [0.15, 0.2) is 5.89 Å². The minimum Gasteiger partial charge on any atom is -0.444 e. The van der Waals surface area contributed by atoms with Gasteiger partial charge in [-0.2, -0.15) is 0 Å². The fourth-order valence-corrected chi connectivity index (χ4v) is 2.43. The number of hydrogen-bond donors (Lipinski definition) is 1. The Labute approximate surface area is 147 Å². The van der Waals surface area contributed by atoms with Crippen molar-refractivity contribution in [3.8, 4) is 11.3 Å². The number of halogens is 1. The molecule has 24 heavy (non-hydrogen) atoms. The zero-order valence-electron chi connectivity index (χ0n) is 13.0. The van der Waals surface area contributed by atoms with Crippen LogP contribution < -0.4 is 5.32 Å². The number of oxazole rings is 1. The van der Waals surface area contributed by atoms with E-state index < -0.39 is 6.09 Å². The van der Waals surface area contributed by atoms with Crippen LogP contribution in [0.1, 0.15) is 11.5 Å². The molecule has 1 aromatic heterocycles. The van der Waals surface area contributed by atoms with Crippen molar-refractivity contribution in [3.63, 3.8) is 0 Å². The molecule has 122 valence electrons. The van der Waals surface area contributed by atoms with Crippen molar-refractivity contribution < 1.29 is 13.9 Å². The first-order valence-corrected chi connectivity index (χ1v) is 8.12. The van der Waals surface area contributed by atoms with Crippen molar-refractivity contribution in [1.82, 2.24) is 4.98 Å². The number of carbonyl (C=O) groups excluding carboxylic acids is 1. The molecular weight excluding hydrogens is 372 g/mol. The first-order chi connectivity index (χ1) is 11.6. The molecule has 0 saturated heterocycles. The Morgan fingerprint density at radius 2 is 1.88 bits per heavy atom. The standard InChI is InChI=1S/C18H15BrN2O3/c1-12-20-16(14-7-9-15(19)10-8-14)17(24-12)21-18(22)23-11-13-5-3-2-4-6-13/h2-10H,11H2,1H3,(H,21,22). The summed E-state index contributed by atoms with van der Waals surface area (Å²) in [6, 6.07) is 17.0. The monoisotopic (exact) mass is 386 g/mol. The maximum absolute atomic E-state index is 12.0. The van der Waals surface area contributed by atoms with Gasteiger partial charge in [-0.05, 0) is 17.7 Å².